The summed E-state index contributed by atoms with van der Waals surface area (Å²) in [7, 11) is 1.43. The number of halogens is 2. The van der Waals surface area contributed by atoms with Crippen molar-refractivity contribution in [3.63, 3.8) is 0 Å². The number of amides is 2. The van der Waals surface area contributed by atoms with E-state index in [1.807, 2.05) is 34.4 Å². The lowest BCUT2D eigenvalue weighted by Gasteiger charge is -2.31. The minimum Gasteiger partial charge on any atom is -0.494 e. The molecule has 1 saturated heterocycles. The van der Waals surface area contributed by atoms with Gasteiger partial charge in [-0.25, -0.2) is 14.4 Å². The van der Waals surface area contributed by atoms with Crippen LogP contribution in [0.25, 0.3) is 16.9 Å². The van der Waals surface area contributed by atoms with Gasteiger partial charge in [0.15, 0.2) is 23.0 Å². The summed E-state index contributed by atoms with van der Waals surface area (Å²) in [5.74, 6) is 0.174. The number of carbonyl (C=O) groups excluding carboxylic acids is 2. The lowest BCUT2D eigenvalue weighted by Crippen LogP contribution is -2.43. The zero-order valence-electron chi connectivity index (χ0n) is 23.6. The number of nitrogens with zero attached hydrogens (tertiary/aromatic N) is 4. The second-order valence-electron chi connectivity index (χ2n) is 10.1. The molecule has 0 spiro atoms. The Morgan fingerprint density at radius 3 is 2.62 bits per heavy atom. The van der Waals surface area contributed by atoms with Crippen LogP contribution in [-0.2, 0) is 4.79 Å². The summed E-state index contributed by atoms with van der Waals surface area (Å²) in [5, 5.41) is 6.23. The lowest BCUT2D eigenvalue weighted by atomic mass is 9.95. The van der Waals surface area contributed by atoms with E-state index in [-0.39, 0.29) is 35.9 Å². The van der Waals surface area contributed by atoms with Gasteiger partial charge in [-0.2, -0.15) is 0 Å². The van der Waals surface area contributed by atoms with E-state index in [9.17, 15) is 14.0 Å². The lowest BCUT2D eigenvalue weighted by molar-refractivity contribution is -0.126. The van der Waals surface area contributed by atoms with E-state index in [1.165, 1.54) is 13.2 Å². The number of ether oxygens (including phenoxy) is 1. The molecule has 4 aromatic rings. The summed E-state index contributed by atoms with van der Waals surface area (Å²) in [6.07, 6.45) is 7.13. The first-order valence-corrected chi connectivity index (χ1v) is 13.7. The number of aromatic nitrogens is 3. The van der Waals surface area contributed by atoms with Gasteiger partial charge in [-0.3, -0.25) is 14.0 Å². The summed E-state index contributed by atoms with van der Waals surface area (Å²) in [5.41, 5.74) is 9.64. The van der Waals surface area contributed by atoms with Crippen molar-refractivity contribution in [2.45, 2.75) is 26.2 Å². The van der Waals surface area contributed by atoms with Crippen LogP contribution in [0.5, 0.6) is 5.75 Å². The number of carbonyl (C=O) groups is 2. The molecule has 0 saturated carbocycles. The number of likely N-dealkylation sites (tertiary alicyclic amines) is 1. The number of anilines is 2. The fourth-order valence-corrected chi connectivity index (χ4v) is 5.14. The molecular formula is C30H35ClFN7O3. The van der Waals surface area contributed by atoms with Gasteiger partial charge in [-0.1, -0.05) is 0 Å². The van der Waals surface area contributed by atoms with E-state index in [0.717, 1.165) is 17.7 Å². The maximum atomic E-state index is 14.3. The predicted octanol–water partition coefficient (Wildman–Crippen LogP) is 4.34. The molecule has 4 N–H and O–H groups in total. The first-order chi connectivity index (χ1) is 19.9. The highest BCUT2D eigenvalue weighted by Crippen LogP contribution is 2.29. The molecule has 0 radical (unpaired) electrons. The van der Waals surface area contributed by atoms with Crippen molar-refractivity contribution in [3.05, 3.63) is 71.9 Å². The quantitative estimate of drug-likeness (QED) is 0.246. The van der Waals surface area contributed by atoms with E-state index >= 15 is 0 Å². The van der Waals surface area contributed by atoms with Crippen LogP contribution in [0.15, 0.2) is 55.0 Å². The molecule has 1 aliphatic heterocycles. The number of fused-ring (bicyclic) bond motifs is 1. The number of hydrogen-bond acceptors (Lipinski definition) is 7. The third kappa shape index (κ3) is 6.47. The van der Waals surface area contributed by atoms with Crippen LogP contribution >= 0.6 is 12.4 Å². The van der Waals surface area contributed by atoms with Crippen molar-refractivity contribution in [2.75, 3.05) is 38.6 Å². The van der Waals surface area contributed by atoms with Crippen LogP contribution in [0.3, 0.4) is 0 Å². The fraction of sp³-hybridized carbons (Fsp3) is 0.333. The Labute approximate surface area is 249 Å². The number of nitrogens with two attached hydrogens (primary N) is 1. The molecule has 1 fully saturated rings. The Kier molecular flexibility index (Phi) is 9.97. The monoisotopic (exact) mass is 595 g/mol. The number of nitrogens with one attached hydrogen (secondary N) is 2. The third-order valence-electron chi connectivity index (χ3n) is 7.43. The Morgan fingerprint density at radius 2 is 1.93 bits per heavy atom. The fourth-order valence-electron chi connectivity index (χ4n) is 5.14. The minimum absolute atomic E-state index is 0. The highest BCUT2D eigenvalue weighted by atomic mass is 35.5. The number of benzene rings is 2. The van der Waals surface area contributed by atoms with E-state index < -0.39 is 5.82 Å². The summed E-state index contributed by atoms with van der Waals surface area (Å²) in [6, 6.07) is 10.3. The molecule has 0 bridgehead atoms. The molecule has 1 aliphatic rings. The van der Waals surface area contributed by atoms with Crippen molar-refractivity contribution in [1.29, 1.82) is 0 Å². The number of piperidine rings is 1. The average Bonchev–Trinajstić information content (AvgIpc) is 3.42. The van der Waals surface area contributed by atoms with Crippen molar-refractivity contribution in [1.82, 2.24) is 24.6 Å². The van der Waals surface area contributed by atoms with Crippen LogP contribution in [0.2, 0.25) is 0 Å². The van der Waals surface area contributed by atoms with Crippen LogP contribution in [-0.4, -0.2) is 64.4 Å². The standard InChI is InChI=1S/C30H34FN7O3.ClH/c1-19-16-22(5-6-23(19)30(40)37-13-8-20(9-14-37)29(39)34-11-3-10-32)36-27-28-35-18-25(38(28)15-12-33-27)21-4-7-26(41-2)24(31)17-21;/h4-7,12,15-18,20H,3,8-11,13-14,32H2,1-2H3,(H,33,36)(H,34,39);1H. The zero-order valence-corrected chi connectivity index (χ0v) is 24.4. The van der Waals surface area contributed by atoms with Crippen molar-refractivity contribution in [2.24, 2.45) is 11.7 Å². The molecule has 10 nitrogen and oxygen atoms in total. The minimum atomic E-state index is -0.453. The first-order valence-electron chi connectivity index (χ1n) is 13.7. The van der Waals surface area contributed by atoms with Crippen molar-refractivity contribution >= 4 is 41.4 Å². The summed E-state index contributed by atoms with van der Waals surface area (Å²) >= 11 is 0. The molecule has 0 unspecified atom stereocenters. The number of rotatable bonds is 9. The predicted molar refractivity (Wildman–Crippen MR) is 162 cm³/mol. The van der Waals surface area contributed by atoms with Gasteiger partial charge in [0.25, 0.3) is 5.91 Å². The van der Waals surface area contributed by atoms with Crippen molar-refractivity contribution < 1.29 is 18.7 Å². The van der Waals surface area contributed by atoms with Crippen molar-refractivity contribution in [3.8, 4) is 17.0 Å². The Bertz CT molecular complexity index is 1570. The van der Waals surface area contributed by atoms with E-state index in [0.29, 0.717) is 67.3 Å². The largest absolute Gasteiger partial charge is 0.494 e. The van der Waals surface area contributed by atoms with Gasteiger partial charge < -0.3 is 26.0 Å². The molecule has 12 heteroatoms. The van der Waals surface area contributed by atoms with Gasteiger partial charge in [-0.15, -0.1) is 12.4 Å². The second-order valence-corrected chi connectivity index (χ2v) is 10.1. The highest BCUT2D eigenvalue weighted by molar-refractivity contribution is 5.96. The highest BCUT2D eigenvalue weighted by Gasteiger charge is 2.28. The normalized spacial score (nSPS) is 13.5. The number of methoxy groups -OCH3 is 1. The van der Waals surface area contributed by atoms with E-state index in [1.54, 1.807) is 30.7 Å². The van der Waals surface area contributed by atoms with Crippen LogP contribution < -0.4 is 21.1 Å². The van der Waals surface area contributed by atoms with E-state index in [4.69, 9.17) is 10.5 Å². The maximum Gasteiger partial charge on any atom is 0.254 e. The molecule has 2 amide bonds. The molecule has 0 aliphatic carbocycles. The number of hydrogen-bond donors (Lipinski definition) is 3. The Hall–Kier alpha value is -4.22. The molecule has 2 aromatic carbocycles. The molecule has 3 heterocycles. The summed E-state index contributed by atoms with van der Waals surface area (Å²) in [6.45, 7) is 4.11. The van der Waals surface area contributed by atoms with E-state index in [2.05, 4.69) is 20.6 Å². The van der Waals surface area contributed by atoms with Gasteiger partial charge in [-0.05, 0) is 74.7 Å². The molecule has 0 atom stereocenters. The molecule has 222 valence electrons. The topological polar surface area (TPSA) is 127 Å². The third-order valence-corrected chi connectivity index (χ3v) is 7.43. The van der Waals surface area contributed by atoms with Gasteiger partial charge in [0.05, 0.1) is 19.0 Å². The summed E-state index contributed by atoms with van der Waals surface area (Å²) < 4.78 is 21.2. The number of imidazole rings is 1. The second kappa shape index (κ2) is 13.6. The maximum absolute atomic E-state index is 14.3. The Morgan fingerprint density at radius 1 is 1.14 bits per heavy atom. The molecular weight excluding hydrogens is 561 g/mol. The smallest absolute Gasteiger partial charge is 0.254 e. The van der Waals surface area contributed by atoms with Gasteiger partial charge >= 0.3 is 0 Å². The summed E-state index contributed by atoms with van der Waals surface area (Å²) in [4.78, 5) is 36.4. The van der Waals surface area contributed by atoms with Gasteiger partial charge in [0.1, 0.15) is 0 Å². The number of aryl methyl sites for hydroxylation is 1. The zero-order chi connectivity index (χ0) is 28.9. The Balaban J connectivity index is 0.00000405. The van der Waals surface area contributed by atoms with Crippen LogP contribution in [0.1, 0.15) is 35.2 Å². The first kappa shape index (κ1) is 30.7. The van der Waals surface area contributed by atoms with Crippen LogP contribution in [0, 0.1) is 18.7 Å². The molecule has 5 rings (SSSR count). The average molecular weight is 596 g/mol. The van der Waals surface area contributed by atoms with Gasteiger partial charge in [0.2, 0.25) is 5.91 Å². The SMILES string of the molecule is COc1ccc(-c2cnc3c(Nc4ccc(C(=O)N5CCC(C(=O)NCCCN)CC5)c(C)c4)nccn23)cc1F.Cl. The molecule has 42 heavy (non-hydrogen) atoms. The van der Waals surface area contributed by atoms with Crippen LogP contribution in [0.4, 0.5) is 15.9 Å². The van der Waals surface area contributed by atoms with Gasteiger partial charge in [0, 0.05) is 54.8 Å². The molecule has 2 aromatic heterocycles.